The Morgan fingerprint density at radius 2 is 2.05 bits per heavy atom. The van der Waals surface area contributed by atoms with Crippen molar-refractivity contribution in [2.75, 3.05) is 12.8 Å². The fraction of sp³-hybridized carbons (Fsp3) is 0.0667. The van der Waals surface area contributed by atoms with Crippen LogP contribution in [-0.4, -0.2) is 19.2 Å². The van der Waals surface area contributed by atoms with E-state index in [0.717, 1.165) is 11.3 Å². The molecule has 2 aromatic rings. The number of amides is 1. The first-order chi connectivity index (χ1) is 9.70. The number of carbonyl (C=O) groups is 1. The number of methoxy groups -OCH3 is 1. The minimum atomic E-state index is -0.345. The lowest BCUT2D eigenvalue weighted by atomic mass is 10.2. The number of hydrogen-bond acceptors (Lipinski definition) is 4. The maximum atomic E-state index is 11.8. The summed E-state index contributed by atoms with van der Waals surface area (Å²) in [4.78, 5) is 11.8. The summed E-state index contributed by atoms with van der Waals surface area (Å²) in [5, 5.41) is 3.90. The third-order valence-corrected chi connectivity index (χ3v) is 2.68. The van der Waals surface area contributed by atoms with Gasteiger partial charge in [0.1, 0.15) is 5.75 Å². The number of para-hydroxylation sites is 1. The molecule has 0 radical (unpaired) electrons. The smallest absolute Gasteiger partial charge is 0.273 e. The van der Waals surface area contributed by atoms with Crippen molar-refractivity contribution in [3.63, 3.8) is 0 Å². The van der Waals surface area contributed by atoms with Gasteiger partial charge in [0.05, 0.1) is 18.9 Å². The molecule has 0 spiro atoms. The molecular weight excluding hydrogens is 254 g/mol. The van der Waals surface area contributed by atoms with E-state index in [2.05, 4.69) is 10.5 Å². The summed E-state index contributed by atoms with van der Waals surface area (Å²) in [5.74, 6) is 0.384. The molecule has 0 aromatic heterocycles. The predicted octanol–water partition coefficient (Wildman–Crippen LogP) is 2.04. The van der Waals surface area contributed by atoms with Crippen LogP contribution >= 0.6 is 0 Å². The number of ether oxygens (including phenoxy) is 1. The number of carbonyl (C=O) groups excluding carboxylic acids is 1. The number of nitrogens with two attached hydrogens (primary N) is 1. The number of anilines is 1. The predicted molar refractivity (Wildman–Crippen MR) is 78.9 cm³/mol. The molecule has 2 rings (SSSR count). The van der Waals surface area contributed by atoms with Gasteiger partial charge in [0.15, 0.2) is 0 Å². The molecule has 0 aliphatic heterocycles. The maximum Gasteiger partial charge on any atom is 0.273 e. The van der Waals surface area contributed by atoms with Crippen LogP contribution in [0.15, 0.2) is 53.6 Å². The van der Waals surface area contributed by atoms with E-state index in [0.29, 0.717) is 11.3 Å². The van der Waals surface area contributed by atoms with Crippen LogP contribution in [0.1, 0.15) is 15.9 Å². The minimum Gasteiger partial charge on any atom is -0.497 e. The number of nitrogens with one attached hydrogen (secondary N) is 1. The molecule has 5 heteroatoms. The van der Waals surface area contributed by atoms with E-state index in [4.69, 9.17) is 10.5 Å². The molecule has 0 heterocycles. The molecule has 0 atom stereocenters. The SMILES string of the molecule is COc1cccc(/C=N/NC(=O)c2ccccc2N)c1. The van der Waals surface area contributed by atoms with E-state index in [9.17, 15) is 4.79 Å². The zero-order valence-corrected chi connectivity index (χ0v) is 11.0. The van der Waals surface area contributed by atoms with Gasteiger partial charge in [-0.1, -0.05) is 24.3 Å². The lowest BCUT2D eigenvalue weighted by Gasteiger charge is -2.03. The highest BCUT2D eigenvalue weighted by atomic mass is 16.5. The molecule has 0 saturated carbocycles. The van der Waals surface area contributed by atoms with Gasteiger partial charge < -0.3 is 10.5 Å². The summed E-state index contributed by atoms with van der Waals surface area (Å²) in [6, 6.07) is 14.2. The molecule has 102 valence electrons. The zero-order valence-electron chi connectivity index (χ0n) is 11.0. The van der Waals surface area contributed by atoms with E-state index in [1.54, 1.807) is 37.6 Å². The van der Waals surface area contributed by atoms with Crippen molar-refractivity contribution in [2.45, 2.75) is 0 Å². The van der Waals surface area contributed by atoms with Gasteiger partial charge in [0.25, 0.3) is 5.91 Å². The Hall–Kier alpha value is -2.82. The van der Waals surface area contributed by atoms with Crippen molar-refractivity contribution < 1.29 is 9.53 Å². The highest BCUT2D eigenvalue weighted by Crippen LogP contribution is 2.11. The van der Waals surface area contributed by atoms with E-state index in [1.165, 1.54) is 0 Å². The lowest BCUT2D eigenvalue weighted by molar-refractivity contribution is 0.0956. The van der Waals surface area contributed by atoms with E-state index >= 15 is 0 Å². The second kappa shape index (κ2) is 6.38. The van der Waals surface area contributed by atoms with Crippen LogP contribution < -0.4 is 15.9 Å². The van der Waals surface area contributed by atoms with Gasteiger partial charge in [-0.2, -0.15) is 5.10 Å². The fourth-order valence-corrected chi connectivity index (χ4v) is 1.65. The van der Waals surface area contributed by atoms with Crippen molar-refractivity contribution in [2.24, 2.45) is 5.10 Å². The van der Waals surface area contributed by atoms with Gasteiger partial charge in [0, 0.05) is 5.69 Å². The Kier molecular flexibility index (Phi) is 4.34. The number of hydrazone groups is 1. The third kappa shape index (κ3) is 3.35. The maximum absolute atomic E-state index is 11.8. The van der Waals surface area contributed by atoms with Crippen LogP contribution in [-0.2, 0) is 0 Å². The van der Waals surface area contributed by atoms with Gasteiger partial charge >= 0.3 is 0 Å². The van der Waals surface area contributed by atoms with Gasteiger partial charge in [-0.05, 0) is 29.8 Å². The number of benzene rings is 2. The van der Waals surface area contributed by atoms with Crippen LogP contribution in [0.3, 0.4) is 0 Å². The Labute approximate surface area is 117 Å². The Bertz CT molecular complexity index is 639. The molecular formula is C15H15N3O2. The molecule has 1 amide bonds. The van der Waals surface area contributed by atoms with Crippen molar-refractivity contribution in [3.8, 4) is 5.75 Å². The standard InChI is InChI=1S/C15H15N3O2/c1-20-12-6-4-5-11(9-12)10-17-18-15(19)13-7-2-3-8-14(13)16/h2-10H,16H2,1H3,(H,18,19)/b17-10+. The van der Waals surface area contributed by atoms with Crippen molar-refractivity contribution in [1.29, 1.82) is 0 Å². The lowest BCUT2D eigenvalue weighted by Crippen LogP contribution is -2.18. The Morgan fingerprint density at radius 3 is 2.80 bits per heavy atom. The average molecular weight is 269 g/mol. The fourth-order valence-electron chi connectivity index (χ4n) is 1.65. The van der Waals surface area contributed by atoms with Crippen LogP contribution in [0.5, 0.6) is 5.75 Å². The molecule has 0 aliphatic carbocycles. The van der Waals surface area contributed by atoms with Gasteiger partial charge in [-0.25, -0.2) is 5.43 Å². The number of hydrogen-bond donors (Lipinski definition) is 2. The number of nitrogens with zero attached hydrogens (tertiary/aromatic N) is 1. The topological polar surface area (TPSA) is 76.7 Å². The molecule has 2 aromatic carbocycles. The molecule has 0 aliphatic rings. The summed E-state index contributed by atoms with van der Waals surface area (Å²) in [7, 11) is 1.59. The molecule has 0 bridgehead atoms. The molecule has 5 nitrogen and oxygen atoms in total. The normalized spacial score (nSPS) is 10.4. The van der Waals surface area contributed by atoms with Gasteiger partial charge in [-0.15, -0.1) is 0 Å². The second-order valence-corrected chi connectivity index (χ2v) is 4.06. The first-order valence-corrected chi connectivity index (χ1v) is 6.02. The minimum absolute atomic E-state index is 0.345. The monoisotopic (exact) mass is 269 g/mol. The summed E-state index contributed by atoms with van der Waals surface area (Å²) >= 11 is 0. The molecule has 20 heavy (non-hydrogen) atoms. The highest BCUT2D eigenvalue weighted by molar-refractivity contribution is 5.99. The molecule has 3 N–H and O–H groups in total. The van der Waals surface area contributed by atoms with E-state index in [1.807, 2.05) is 24.3 Å². The van der Waals surface area contributed by atoms with Crippen LogP contribution in [0.2, 0.25) is 0 Å². The zero-order chi connectivity index (χ0) is 14.4. The average Bonchev–Trinajstić information content (AvgIpc) is 2.48. The summed E-state index contributed by atoms with van der Waals surface area (Å²) in [6.07, 6.45) is 1.54. The molecule has 0 unspecified atom stereocenters. The van der Waals surface area contributed by atoms with Crippen molar-refractivity contribution in [3.05, 3.63) is 59.7 Å². The first-order valence-electron chi connectivity index (χ1n) is 6.02. The summed E-state index contributed by atoms with van der Waals surface area (Å²) in [6.45, 7) is 0. The number of nitrogen functional groups attached to an aromatic ring is 1. The van der Waals surface area contributed by atoms with Crippen LogP contribution in [0.4, 0.5) is 5.69 Å². The van der Waals surface area contributed by atoms with Crippen LogP contribution in [0.25, 0.3) is 0 Å². The molecule has 0 fully saturated rings. The van der Waals surface area contributed by atoms with Crippen molar-refractivity contribution >= 4 is 17.8 Å². The van der Waals surface area contributed by atoms with Crippen LogP contribution in [0, 0.1) is 0 Å². The summed E-state index contributed by atoms with van der Waals surface area (Å²) in [5.41, 5.74) is 9.79. The highest BCUT2D eigenvalue weighted by Gasteiger charge is 2.06. The largest absolute Gasteiger partial charge is 0.497 e. The summed E-state index contributed by atoms with van der Waals surface area (Å²) < 4.78 is 5.10. The molecule has 0 saturated heterocycles. The Balaban J connectivity index is 2.03. The van der Waals surface area contributed by atoms with Gasteiger partial charge in [-0.3, -0.25) is 4.79 Å². The quantitative estimate of drug-likeness (QED) is 0.506. The van der Waals surface area contributed by atoms with E-state index in [-0.39, 0.29) is 5.91 Å². The van der Waals surface area contributed by atoms with Gasteiger partial charge in [0.2, 0.25) is 0 Å². The van der Waals surface area contributed by atoms with Crippen molar-refractivity contribution in [1.82, 2.24) is 5.43 Å². The van der Waals surface area contributed by atoms with E-state index < -0.39 is 0 Å². The third-order valence-electron chi connectivity index (χ3n) is 2.68. The Morgan fingerprint density at radius 1 is 1.25 bits per heavy atom. The number of rotatable bonds is 4. The first kappa shape index (κ1) is 13.6. The second-order valence-electron chi connectivity index (χ2n) is 4.06.